The van der Waals surface area contributed by atoms with Gasteiger partial charge in [0.05, 0.1) is 0 Å². The summed E-state index contributed by atoms with van der Waals surface area (Å²) in [5.41, 5.74) is 0.847. The molecule has 0 bridgehead atoms. The first-order chi connectivity index (χ1) is 12.5. The van der Waals surface area contributed by atoms with Gasteiger partial charge >= 0.3 is 6.61 Å². The summed E-state index contributed by atoms with van der Waals surface area (Å²) < 4.78 is 34.0. The molecule has 2 heterocycles. The average Bonchev–Trinajstić information content (AvgIpc) is 3.12. The van der Waals surface area contributed by atoms with Crippen molar-refractivity contribution in [1.82, 2.24) is 20.4 Å². The van der Waals surface area contributed by atoms with Gasteiger partial charge in [0, 0.05) is 23.5 Å². The van der Waals surface area contributed by atoms with E-state index in [9.17, 15) is 13.6 Å². The molecule has 0 spiro atoms. The molecule has 0 saturated carbocycles. The molecular formula is C17H14F2N4O3. The van der Waals surface area contributed by atoms with Crippen LogP contribution in [-0.2, 0) is 0 Å². The number of carbonyl (C=O) groups excluding carboxylic acids is 1. The van der Waals surface area contributed by atoms with E-state index in [2.05, 4.69) is 25.2 Å². The van der Waals surface area contributed by atoms with Crippen LogP contribution >= 0.6 is 0 Å². The monoisotopic (exact) mass is 360 g/mol. The van der Waals surface area contributed by atoms with Crippen LogP contribution in [0.4, 0.5) is 8.78 Å². The third-order valence-corrected chi connectivity index (χ3v) is 3.40. The van der Waals surface area contributed by atoms with Gasteiger partial charge in [-0.15, -0.1) is 0 Å². The first-order valence-corrected chi connectivity index (χ1v) is 7.62. The van der Waals surface area contributed by atoms with Gasteiger partial charge in [-0.25, -0.2) is 0 Å². The number of hydrogen-bond acceptors (Lipinski definition) is 6. The number of pyridine rings is 1. The van der Waals surface area contributed by atoms with Gasteiger partial charge in [0.25, 0.3) is 5.91 Å². The molecule has 0 radical (unpaired) electrons. The van der Waals surface area contributed by atoms with Crippen LogP contribution in [0.15, 0.2) is 53.3 Å². The molecule has 1 atom stereocenters. The number of benzene rings is 1. The maximum absolute atomic E-state index is 12.3. The SMILES string of the molecule is CC(NC(=O)c1cccc(OC(F)F)c1)c1nc(-c2cccnc2)no1. The minimum absolute atomic E-state index is 0.100. The molecule has 9 heteroatoms. The van der Waals surface area contributed by atoms with Crippen LogP contribution in [0.3, 0.4) is 0 Å². The lowest BCUT2D eigenvalue weighted by molar-refractivity contribution is -0.0498. The van der Waals surface area contributed by atoms with Gasteiger partial charge in [0.15, 0.2) is 0 Å². The molecule has 1 unspecified atom stereocenters. The lowest BCUT2D eigenvalue weighted by Crippen LogP contribution is -2.26. The Hall–Kier alpha value is -3.36. The number of nitrogens with one attached hydrogen (secondary N) is 1. The minimum Gasteiger partial charge on any atom is -0.435 e. The molecule has 1 N–H and O–H groups in total. The van der Waals surface area contributed by atoms with E-state index in [0.717, 1.165) is 0 Å². The number of halogens is 2. The summed E-state index contributed by atoms with van der Waals surface area (Å²) >= 11 is 0. The average molecular weight is 360 g/mol. The first kappa shape index (κ1) is 17.5. The number of amides is 1. The van der Waals surface area contributed by atoms with E-state index >= 15 is 0 Å². The lowest BCUT2D eigenvalue weighted by Gasteiger charge is -2.11. The van der Waals surface area contributed by atoms with Crippen molar-refractivity contribution in [1.29, 1.82) is 0 Å². The predicted octanol–water partition coefficient (Wildman–Crippen LogP) is 3.22. The maximum atomic E-state index is 12.3. The fourth-order valence-electron chi connectivity index (χ4n) is 2.18. The smallest absolute Gasteiger partial charge is 0.387 e. The second-order valence-electron chi connectivity index (χ2n) is 5.30. The van der Waals surface area contributed by atoms with Crippen LogP contribution in [-0.4, -0.2) is 27.6 Å². The van der Waals surface area contributed by atoms with Crippen molar-refractivity contribution < 1.29 is 22.8 Å². The van der Waals surface area contributed by atoms with E-state index in [0.29, 0.717) is 11.4 Å². The van der Waals surface area contributed by atoms with Gasteiger partial charge in [-0.05, 0) is 37.3 Å². The van der Waals surface area contributed by atoms with E-state index in [-0.39, 0.29) is 17.2 Å². The van der Waals surface area contributed by atoms with Crippen LogP contribution in [0.25, 0.3) is 11.4 Å². The van der Waals surface area contributed by atoms with Crippen LogP contribution in [0.2, 0.25) is 0 Å². The standard InChI is InChI=1S/C17H14F2N4O3/c1-10(16-22-14(23-26-16)12-5-3-7-20-9-12)21-15(24)11-4-2-6-13(8-11)25-17(18)19/h2-10,17H,1H3,(H,21,24). The summed E-state index contributed by atoms with van der Waals surface area (Å²) in [4.78, 5) is 20.5. The van der Waals surface area contributed by atoms with Crippen molar-refractivity contribution in [2.45, 2.75) is 19.6 Å². The highest BCUT2D eigenvalue weighted by molar-refractivity contribution is 5.94. The van der Waals surface area contributed by atoms with E-state index in [1.54, 1.807) is 31.5 Å². The predicted molar refractivity (Wildman–Crippen MR) is 86.5 cm³/mol. The number of aromatic nitrogens is 3. The van der Waals surface area contributed by atoms with E-state index < -0.39 is 18.6 Å². The summed E-state index contributed by atoms with van der Waals surface area (Å²) in [5, 5.41) is 6.52. The van der Waals surface area contributed by atoms with Crippen LogP contribution < -0.4 is 10.1 Å². The van der Waals surface area contributed by atoms with E-state index in [1.807, 2.05) is 0 Å². The molecule has 0 aliphatic rings. The molecule has 26 heavy (non-hydrogen) atoms. The number of carbonyl (C=O) groups is 1. The molecule has 0 aliphatic carbocycles. The van der Waals surface area contributed by atoms with Crippen molar-refractivity contribution in [3.8, 4) is 17.1 Å². The number of hydrogen-bond donors (Lipinski definition) is 1. The number of nitrogens with zero attached hydrogens (tertiary/aromatic N) is 3. The van der Waals surface area contributed by atoms with Gasteiger partial charge in [0.2, 0.25) is 11.7 Å². The van der Waals surface area contributed by atoms with Crippen LogP contribution in [0.5, 0.6) is 5.75 Å². The normalized spacial score (nSPS) is 12.0. The number of ether oxygens (including phenoxy) is 1. The van der Waals surface area contributed by atoms with Gasteiger partial charge in [-0.3, -0.25) is 9.78 Å². The molecule has 134 valence electrons. The third-order valence-electron chi connectivity index (χ3n) is 3.40. The second kappa shape index (κ2) is 7.68. The molecule has 7 nitrogen and oxygen atoms in total. The third kappa shape index (κ3) is 4.18. The van der Waals surface area contributed by atoms with Crippen LogP contribution in [0, 0.1) is 0 Å². The van der Waals surface area contributed by atoms with Gasteiger partial charge in [0.1, 0.15) is 11.8 Å². The molecule has 0 fully saturated rings. The lowest BCUT2D eigenvalue weighted by atomic mass is 10.2. The molecule has 3 aromatic rings. The van der Waals surface area contributed by atoms with Crippen molar-refractivity contribution in [2.24, 2.45) is 0 Å². The zero-order valence-corrected chi connectivity index (χ0v) is 13.6. The van der Waals surface area contributed by atoms with Gasteiger partial charge in [-0.2, -0.15) is 13.8 Å². The quantitative estimate of drug-likeness (QED) is 0.726. The van der Waals surface area contributed by atoms with E-state index in [1.165, 1.54) is 24.3 Å². The maximum Gasteiger partial charge on any atom is 0.387 e. The Morgan fingerprint density at radius 3 is 2.85 bits per heavy atom. The summed E-state index contributed by atoms with van der Waals surface area (Å²) in [6, 6.07) is 8.43. The summed E-state index contributed by atoms with van der Waals surface area (Å²) in [5.74, 6) is -0.0333. The fraction of sp³-hybridized carbons (Fsp3) is 0.176. The van der Waals surface area contributed by atoms with E-state index in [4.69, 9.17) is 4.52 Å². The molecular weight excluding hydrogens is 346 g/mol. The Morgan fingerprint density at radius 1 is 1.27 bits per heavy atom. The summed E-state index contributed by atoms with van der Waals surface area (Å²) in [7, 11) is 0. The molecule has 2 aromatic heterocycles. The summed E-state index contributed by atoms with van der Waals surface area (Å²) in [6.07, 6.45) is 3.21. The molecule has 3 rings (SSSR count). The van der Waals surface area contributed by atoms with Crippen molar-refractivity contribution in [3.63, 3.8) is 0 Å². The van der Waals surface area contributed by atoms with Crippen LogP contribution in [0.1, 0.15) is 29.2 Å². The van der Waals surface area contributed by atoms with Gasteiger partial charge in [-0.1, -0.05) is 11.2 Å². The highest BCUT2D eigenvalue weighted by atomic mass is 19.3. The van der Waals surface area contributed by atoms with Crippen molar-refractivity contribution >= 4 is 5.91 Å². The topological polar surface area (TPSA) is 90.1 Å². The zero-order valence-electron chi connectivity index (χ0n) is 13.6. The van der Waals surface area contributed by atoms with Gasteiger partial charge < -0.3 is 14.6 Å². The summed E-state index contributed by atoms with van der Waals surface area (Å²) in [6.45, 7) is -1.30. The minimum atomic E-state index is -2.96. The second-order valence-corrected chi connectivity index (χ2v) is 5.30. The fourth-order valence-corrected chi connectivity index (χ4v) is 2.18. The van der Waals surface area contributed by atoms with Crippen molar-refractivity contribution in [3.05, 3.63) is 60.2 Å². The Labute approximate surface area is 147 Å². The van der Waals surface area contributed by atoms with Crippen molar-refractivity contribution in [2.75, 3.05) is 0 Å². The largest absolute Gasteiger partial charge is 0.435 e. The molecule has 0 aliphatic heterocycles. The Morgan fingerprint density at radius 2 is 2.12 bits per heavy atom. The first-order valence-electron chi connectivity index (χ1n) is 7.62. The Bertz CT molecular complexity index is 886. The highest BCUT2D eigenvalue weighted by Gasteiger charge is 2.19. The molecule has 1 amide bonds. The highest BCUT2D eigenvalue weighted by Crippen LogP contribution is 2.19. The number of alkyl halides is 2. The Balaban J connectivity index is 1.69. The molecule has 1 aromatic carbocycles. The Kier molecular flexibility index (Phi) is 5.16. The number of rotatable bonds is 6. The zero-order chi connectivity index (χ0) is 18.5. The molecule has 0 saturated heterocycles.